The van der Waals surface area contributed by atoms with Crippen molar-refractivity contribution in [2.75, 3.05) is 7.05 Å². The van der Waals surface area contributed by atoms with Crippen LogP contribution >= 0.6 is 0 Å². The molecule has 3 fully saturated rings. The second kappa shape index (κ2) is 4.55. The molecule has 3 aliphatic carbocycles. The van der Waals surface area contributed by atoms with Crippen LogP contribution in [-0.2, 0) is 6.42 Å². The highest BCUT2D eigenvalue weighted by Gasteiger charge is 2.66. The molecule has 0 radical (unpaired) electrons. The third kappa shape index (κ3) is 1.77. The first kappa shape index (κ1) is 12.8. The van der Waals surface area contributed by atoms with E-state index >= 15 is 0 Å². The quantitative estimate of drug-likeness (QED) is 0.896. The summed E-state index contributed by atoms with van der Waals surface area (Å²) in [5, 5.41) is 7.96. The molecule has 4 nitrogen and oxygen atoms in total. The van der Waals surface area contributed by atoms with Crippen molar-refractivity contribution in [3.05, 3.63) is 12.2 Å². The maximum atomic E-state index is 4.49. The lowest BCUT2D eigenvalue weighted by atomic mass is 9.95. The Morgan fingerprint density at radius 2 is 2.00 bits per heavy atom. The summed E-state index contributed by atoms with van der Waals surface area (Å²) in [5.41, 5.74) is 0. The molecule has 5 atom stereocenters. The number of aromatic nitrogens is 3. The number of nitrogens with one attached hydrogen (secondary N) is 1. The average Bonchev–Trinajstić information content (AvgIpc) is 2.85. The van der Waals surface area contributed by atoms with Crippen molar-refractivity contribution in [2.24, 2.45) is 29.6 Å². The minimum atomic E-state index is 0.403. The van der Waals surface area contributed by atoms with Gasteiger partial charge in [-0.15, -0.1) is 0 Å². The van der Waals surface area contributed by atoms with E-state index < -0.39 is 0 Å². The average molecular weight is 274 g/mol. The number of fused-ring (bicyclic) bond motifs is 5. The van der Waals surface area contributed by atoms with Gasteiger partial charge in [0.05, 0.1) is 0 Å². The van der Waals surface area contributed by atoms with Gasteiger partial charge in [-0.25, -0.2) is 9.67 Å². The molecule has 1 aromatic heterocycles. The number of likely N-dealkylation sites (N-methyl/N-ethyl adjacent to an activating group) is 1. The van der Waals surface area contributed by atoms with Gasteiger partial charge in [0.2, 0.25) is 0 Å². The Kier molecular flexibility index (Phi) is 2.92. The molecule has 110 valence electrons. The summed E-state index contributed by atoms with van der Waals surface area (Å²) < 4.78 is 2.08. The smallest absolute Gasteiger partial charge is 0.138 e. The van der Waals surface area contributed by atoms with Crippen LogP contribution in [0.15, 0.2) is 6.33 Å². The van der Waals surface area contributed by atoms with Gasteiger partial charge in [0.15, 0.2) is 0 Å². The van der Waals surface area contributed by atoms with Crippen LogP contribution in [0.1, 0.15) is 45.0 Å². The maximum absolute atomic E-state index is 4.49. The molecule has 4 heteroatoms. The Morgan fingerprint density at radius 1 is 1.30 bits per heavy atom. The first-order valence-corrected chi connectivity index (χ1v) is 8.26. The fourth-order valence-corrected chi connectivity index (χ4v) is 5.41. The molecule has 0 amide bonds. The van der Waals surface area contributed by atoms with Crippen LogP contribution in [0.25, 0.3) is 0 Å². The molecule has 4 rings (SSSR count). The molecule has 20 heavy (non-hydrogen) atoms. The third-order valence-corrected chi connectivity index (χ3v) is 6.17. The molecular weight excluding hydrogens is 248 g/mol. The fourth-order valence-electron chi connectivity index (χ4n) is 5.41. The molecule has 1 aromatic rings. The largest absolute Gasteiger partial charge is 0.316 e. The second-order valence-electron chi connectivity index (χ2n) is 7.38. The van der Waals surface area contributed by atoms with Gasteiger partial charge in [0.25, 0.3) is 0 Å². The third-order valence-electron chi connectivity index (χ3n) is 6.17. The SMILES string of the molecule is CNC(Cc1ncnn1C(C)C)C1C2C3CCC(C3)C21. The van der Waals surface area contributed by atoms with Gasteiger partial charge in [0.1, 0.15) is 12.2 Å². The van der Waals surface area contributed by atoms with Crippen molar-refractivity contribution in [3.63, 3.8) is 0 Å². The van der Waals surface area contributed by atoms with E-state index in [4.69, 9.17) is 0 Å². The minimum Gasteiger partial charge on any atom is -0.316 e. The summed E-state index contributed by atoms with van der Waals surface area (Å²) in [6, 6.07) is 0.995. The highest BCUT2D eigenvalue weighted by atomic mass is 15.3. The van der Waals surface area contributed by atoms with E-state index in [1.54, 1.807) is 6.33 Å². The van der Waals surface area contributed by atoms with Crippen LogP contribution in [-0.4, -0.2) is 27.9 Å². The molecule has 2 bridgehead atoms. The zero-order valence-corrected chi connectivity index (χ0v) is 12.8. The van der Waals surface area contributed by atoms with E-state index in [0.29, 0.717) is 12.1 Å². The van der Waals surface area contributed by atoms with Gasteiger partial charge in [-0.2, -0.15) is 5.10 Å². The van der Waals surface area contributed by atoms with E-state index in [0.717, 1.165) is 41.8 Å². The fraction of sp³-hybridized carbons (Fsp3) is 0.875. The first-order valence-electron chi connectivity index (χ1n) is 8.26. The predicted molar refractivity (Wildman–Crippen MR) is 78.3 cm³/mol. The Balaban J connectivity index is 1.49. The first-order chi connectivity index (χ1) is 9.70. The van der Waals surface area contributed by atoms with Crippen LogP contribution in [0.4, 0.5) is 0 Å². The summed E-state index contributed by atoms with van der Waals surface area (Å²) in [6.07, 6.45) is 7.28. The van der Waals surface area contributed by atoms with Crippen molar-refractivity contribution >= 4 is 0 Å². The van der Waals surface area contributed by atoms with Gasteiger partial charge >= 0.3 is 0 Å². The number of hydrogen-bond acceptors (Lipinski definition) is 3. The molecule has 1 heterocycles. The summed E-state index contributed by atoms with van der Waals surface area (Å²) in [5.74, 6) is 6.21. The number of nitrogens with zero attached hydrogens (tertiary/aromatic N) is 3. The van der Waals surface area contributed by atoms with Crippen LogP contribution < -0.4 is 5.32 Å². The van der Waals surface area contributed by atoms with Gasteiger partial charge in [-0.05, 0) is 69.7 Å². The standard InChI is InChI=1S/C16H26N4/c1-9(2)20-13(18-8-19-20)7-12(17-3)16-14-10-4-5-11(6-10)15(14)16/h8-12,14-17H,4-7H2,1-3H3. The van der Waals surface area contributed by atoms with Crippen LogP contribution in [0, 0.1) is 29.6 Å². The predicted octanol–water partition coefficient (Wildman–Crippen LogP) is 2.28. The van der Waals surface area contributed by atoms with Crippen LogP contribution in [0.3, 0.4) is 0 Å². The lowest BCUT2D eigenvalue weighted by Crippen LogP contribution is -2.33. The van der Waals surface area contributed by atoms with Crippen LogP contribution in [0.5, 0.6) is 0 Å². The van der Waals surface area contributed by atoms with E-state index in [2.05, 4.69) is 41.0 Å². The van der Waals surface area contributed by atoms with E-state index in [9.17, 15) is 0 Å². The molecule has 0 spiro atoms. The van der Waals surface area contributed by atoms with Gasteiger partial charge in [0, 0.05) is 18.5 Å². The lowest BCUT2D eigenvalue weighted by Gasteiger charge is -2.20. The molecule has 3 saturated carbocycles. The highest BCUT2D eigenvalue weighted by molar-refractivity contribution is 5.16. The summed E-state index contributed by atoms with van der Waals surface area (Å²) in [7, 11) is 2.12. The van der Waals surface area contributed by atoms with Crippen molar-refractivity contribution in [2.45, 2.75) is 51.6 Å². The van der Waals surface area contributed by atoms with Crippen LogP contribution in [0.2, 0.25) is 0 Å². The molecular formula is C16H26N4. The van der Waals surface area contributed by atoms with E-state index in [1.165, 1.54) is 19.3 Å². The Hall–Kier alpha value is -0.900. The molecule has 0 aliphatic heterocycles. The van der Waals surface area contributed by atoms with E-state index in [1.807, 2.05) is 0 Å². The topological polar surface area (TPSA) is 42.7 Å². The lowest BCUT2D eigenvalue weighted by molar-refractivity contribution is 0.364. The Morgan fingerprint density at radius 3 is 2.60 bits per heavy atom. The molecule has 3 aliphatic rings. The van der Waals surface area contributed by atoms with Crippen molar-refractivity contribution in [1.82, 2.24) is 20.1 Å². The monoisotopic (exact) mass is 274 g/mol. The molecule has 0 saturated heterocycles. The minimum absolute atomic E-state index is 0.403. The Labute approximate surface area is 121 Å². The maximum Gasteiger partial charge on any atom is 0.138 e. The molecule has 1 N–H and O–H groups in total. The summed E-state index contributed by atoms with van der Waals surface area (Å²) in [6.45, 7) is 4.36. The molecule has 5 unspecified atom stereocenters. The highest BCUT2D eigenvalue weighted by Crippen LogP contribution is 2.70. The van der Waals surface area contributed by atoms with Gasteiger partial charge in [-0.3, -0.25) is 0 Å². The Bertz CT molecular complexity index is 478. The van der Waals surface area contributed by atoms with Crippen molar-refractivity contribution < 1.29 is 0 Å². The zero-order valence-electron chi connectivity index (χ0n) is 12.8. The van der Waals surface area contributed by atoms with Crippen molar-refractivity contribution in [3.8, 4) is 0 Å². The number of hydrogen-bond donors (Lipinski definition) is 1. The zero-order chi connectivity index (χ0) is 13.9. The van der Waals surface area contributed by atoms with E-state index in [-0.39, 0.29) is 0 Å². The normalized spacial score (nSPS) is 39.3. The summed E-state index contributed by atoms with van der Waals surface area (Å²) in [4.78, 5) is 4.49. The number of rotatable bonds is 5. The second-order valence-corrected chi connectivity index (χ2v) is 7.38. The van der Waals surface area contributed by atoms with Crippen molar-refractivity contribution in [1.29, 1.82) is 0 Å². The van der Waals surface area contributed by atoms with Gasteiger partial charge < -0.3 is 5.32 Å². The summed E-state index contributed by atoms with van der Waals surface area (Å²) >= 11 is 0. The van der Waals surface area contributed by atoms with Gasteiger partial charge in [-0.1, -0.05) is 0 Å². The molecule has 0 aromatic carbocycles.